The van der Waals surface area contributed by atoms with Crippen LogP contribution in [-0.4, -0.2) is 76.7 Å². The van der Waals surface area contributed by atoms with Crippen LogP contribution in [0.1, 0.15) is 33.6 Å². The van der Waals surface area contributed by atoms with E-state index in [4.69, 9.17) is 9.47 Å². The Hall–Kier alpha value is -6.59. The van der Waals surface area contributed by atoms with E-state index < -0.39 is 59.1 Å². The average molecular weight is 682 g/mol. The van der Waals surface area contributed by atoms with Crippen molar-refractivity contribution in [1.29, 1.82) is 0 Å². The van der Waals surface area contributed by atoms with Gasteiger partial charge in [-0.15, -0.1) is 0 Å². The van der Waals surface area contributed by atoms with Gasteiger partial charge in [-0.2, -0.15) is 0 Å². The molecule has 17 nitrogen and oxygen atoms in total. The number of non-ortho nitro benzene ring substituents is 1. The molecule has 50 heavy (non-hydrogen) atoms. The summed E-state index contributed by atoms with van der Waals surface area (Å²) in [6, 6.07) is 19.9. The molecule has 0 aliphatic carbocycles. The van der Waals surface area contributed by atoms with Crippen LogP contribution in [0.2, 0.25) is 0 Å². The highest BCUT2D eigenvalue weighted by atomic mass is 16.6. The highest BCUT2D eigenvalue weighted by molar-refractivity contribution is 6.06. The maximum absolute atomic E-state index is 13.7. The fourth-order valence-electron chi connectivity index (χ4n) is 5.41. The van der Waals surface area contributed by atoms with Gasteiger partial charge in [-0.25, -0.2) is 19.7 Å². The smallest absolute Gasteiger partial charge is 0.335 e. The molecule has 6 rings (SSSR count). The number of imidazole rings is 1. The van der Waals surface area contributed by atoms with Gasteiger partial charge in [0.2, 0.25) is 5.91 Å². The normalized spacial score (nSPS) is 19.0. The first-order chi connectivity index (χ1) is 24.1. The van der Waals surface area contributed by atoms with Gasteiger partial charge in [-0.1, -0.05) is 48.5 Å². The summed E-state index contributed by atoms with van der Waals surface area (Å²) >= 11 is 0. The molecule has 2 amide bonds. The van der Waals surface area contributed by atoms with Gasteiger partial charge in [0.05, 0.1) is 17.3 Å². The second-order valence-electron chi connectivity index (χ2n) is 11.1. The molecular formula is C33H27N7O10. The van der Waals surface area contributed by atoms with E-state index in [0.29, 0.717) is 11.1 Å². The quantitative estimate of drug-likeness (QED) is 0.0679. The molecule has 4 N–H and O–H groups in total. The van der Waals surface area contributed by atoms with Gasteiger partial charge in [0, 0.05) is 17.7 Å². The van der Waals surface area contributed by atoms with Gasteiger partial charge < -0.3 is 30.3 Å². The zero-order valence-corrected chi connectivity index (χ0v) is 25.7. The molecule has 5 atom stereocenters. The first-order valence-corrected chi connectivity index (χ1v) is 15.0. The number of ether oxygens (including phenoxy) is 2. The number of amides is 2. The molecule has 3 aromatic carbocycles. The van der Waals surface area contributed by atoms with Crippen LogP contribution in [0.25, 0.3) is 11.2 Å². The molecule has 3 heterocycles. The number of nitrogens with one attached hydrogen (secondary N) is 2. The number of aliphatic hydroxyl groups is 1. The molecule has 0 radical (unpaired) electrons. The predicted molar refractivity (Wildman–Crippen MR) is 171 cm³/mol. The third-order valence-electron chi connectivity index (χ3n) is 7.88. The lowest BCUT2D eigenvalue weighted by Gasteiger charge is -2.23. The SMILES string of the molecule is O=C(Nc1ncnc2c1ncn2[C@@H]1O[C@H](C(=O)O)[C@@H](NC(=O)C(C(=O)OCc2ccc([N+](=O)[O-])cc2)c2ccccc2)[C@H]1O)c1ccccc1. The van der Waals surface area contributed by atoms with Crippen LogP contribution >= 0.6 is 0 Å². The zero-order chi connectivity index (χ0) is 35.4. The number of aliphatic hydroxyl groups excluding tert-OH is 1. The van der Waals surface area contributed by atoms with Crippen molar-refractivity contribution in [2.75, 3.05) is 5.32 Å². The van der Waals surface area contributed by atoms with E-state index >= 15 is 0 Å². The first kappa shape index (κ1) is 33.3. The van der Waals surface area contributed by atoms with Gasteiger partial charge in [0.15, 0.2) is 35.2 Å². The number of anilines is 1. The summed E-state index contributed by atoms with van der Waals surface area (Å²) in [5, 5.41) is 37.5. The van der Waals surface area contributed by atoms with Crippen molar-refractivity contribution >= 4 is 46.4 Å². The van der Waals surface area contributed by atoms with Crippen LogP contribution in [0.5, 0.6) is 0 Å². The number of benzene rings is 3. The first-order valence-electron chi connectivity index (χ1n) is 15.0. The van der Waals surface area contributed by atoms with E-state index in [-0.39, 0.29) is 34.8 Å². The average Bonchev–Trinajstić information content (AvgIpc) is 3.69. The molecule has 1 saturated heterocycles. The molecule has 0 saturated carbocycles. The van der Waals surface area contributed by atoms with Crippen molar-refractivity contribution in [3.63, 3.8) is 0 Å². The third kappa shape index (κ3) is 6.84. The Balaban J connectivity index is 1.22. The molecule has 2 aromatic heterocycles. The number of fused-ring (bicyclic) bond motifs is 1. The minimum atomic E-state index is -1.77. The van der Waals surface area contributed by atoms with E-state index in [0.717, 1.165) is 6.33 Å². The number of rotatable bonds is 11. The number of carbonyl (C=O) groups is 4. The van der Waals surface area contributed by atoms with Crippen LogP contribution in [-0.2, 0) is 30.5 Å². The van der Waals surface area contributed by atoms with Crippen LogP contribution in [0.4, 0.5) is 11.5 Å². The largest absolute Gasteiger partial charge is 0.479 e. The molecule has 1 aliphatic heterocycles. The number of aromatic nitrogens is 4. The number of carboxylic acid groups (broad SMARTS) is 1. The van der Waals surface area contributed by atoms with Crippen molar-refractivity contribution in [2.24, 2.45) is 0 Å². The Kier molecular flexibility index (Phi) is 9.50. The van der Waals surface area contributed by atoms with Crippen molar-refractivity contribution in [1.82, 2.24) is 24.8 Å². The second kappa shape index (κ2) is 14.3. The molecule has 254 valence electrons. The molecular weight excluding hydrogens is 654 g/mol. The number of carbonyl (C=O) groups excluding carboxylic acids is 3. The Morgan fingerprint density at radius 1 is 0.960 bits per heavy atom. The van der Waals surface area contributed by atoms with Crippen molar-refractivity contribution < 1.29 is 43.8 Å². The minimum absolute atomic E-state index is 0.0488. The number of esters is 1. The molecule has 5 aromatic rings. The topological polar surface area (TPSA) is 238 Å². The number of hydrogen-bond donors (Lipinski definition) is 4. The molecule has 1 aliphatic rings. The highest BCUT2D eigenvalue weighted by Gasteiger charge is 2.50. The van der Waals surface area contributed by atoms with E-state index in [2.05, 4.69) is 25.6 Å². The number of carboxylic acids is 1. The maximum Gasteiger partial charge on any atom is 0.335 e. The fourth-order valence-corrected chi connectivity index (χ4v) is 5.41. The van der Waals surface area contributed by atoms with Crippen LogP contribution in [0.3, 0.4) is 0 Å². The molecule has 1 unspecified atom stereocenters. The number of nitro benzene ring substituents is 1. The summed E-state index contributed by atoms with van der Waals surface area (Å²) in [5.74, 6) is -5.49. The molecule has 17 heteroatoms. The number of nitro groups is 1. The highest BCUT2D eigenvalue weighted by Crippen LogP contribution is 2.33. The Labute approximate surface area is 281 Å². The third-order valence-corrected chi connectivity index (χ3v) is 7.88. The van der Waals surface area contributed by atoms with Gasteiger partial charge in [0.1, 0.15) is 19.0 Å². The van der Waals surface area contributed by atoms with E-state index in [1.165, 1.54) is 47.3 Å². The summed E-state index contributed by atoms with van der Waals surface area (Å²) in [6.45, 7) is -0.314. The van der Waals surface area contributed by atoms with Gasteiger partial charge >= 0.3 is 11.9 Å². The monoisotopic (exact) mass is 681 g/mol. The van der Waals surface area contributed by atoms with Gasteiger partial charge in [-0.05, 0) is 35.4 Å². The van der Waals surface area contributed by atoms with Crippen molar-refractivity contribution in [3.8, 4) is 0 Å². The lowest BCUT2D eigenvalue weighted by Crippen LogP contribution is -2.51. The second-order valence-corrected chi connectivity index (χ2v) is 11.1. The van der Waals surface area contributed by atoms with Crippen LogP contribution in [0.15, 0.2) is 97.6 Å². The number of hydrogen-bond acceptors (Lipinski definition) is 12. The Morgan fingerprint density at radius 2 is 1.64 bits per heavy atom. The summed E-state index contributed by atoms with van der Waals surface area (Å²) in [7, 11) is 0. The van der Waals surface area contributed by atoms with Gasteiger partial charge in [0.25, 0.3) is 11.6 Å². The summed E-state index contributed by atoms with van der Waals surface area (Å²) in [5.41, 5.74) is 1.05. The van der Waals surface area contributed by atoms with Crippen LogP contribution in [0, 0.1) is 10.1 Å². The Morgan fingerprint density at radius 3 is 2.30 bits per heavy atom. The summed E-state index contributed by atoms with van der Waals surface area (Å²) in [6.07, 6.45) is -2.53. The summed E-state index contributed by atoms with van der Waals surface area (Å²) < 4.78 is 12.4. The van der Waals surface area contributed by atoms with Crippen molar-refractivity contribution in [2.45, 2.75) is 37.0 Å². The standard InChI is InChI=1S/C33H27N7O10/c41-25-23(37-30(43)22(19-7-3-1-4-8-19)33(46)49-15-18-11-13-21(14-12-18)40(47)48)26(32(44)45)50-31(25)39-17-36-24-27(34-16-35-28(24)39)38-29(42)20-9-5-2-6-10-20/h1-14,16-17,22-23,25-26,31,41H,15H2,(H,37,43)(H,44,45)(H,34,35,38,42)/t22?,23-,25+,26-,31+/m0/s1. The molecule has 1 fully saturated rings. The lowest BCUT2D eigenvalue weighted by atomic mass is 9.97. The predicted octanol–water partition coefficient (Wildman–Crippen LogP) is 2.34. The van der Waals surface area contributed by atoms with E-state index in [1.807, 2.05) is 0 Å². The van der Waals surface area contributed by atoms with Crippen molar-refractivity contribution in [3.05, 3.63) is 124 Å². The van der Waals surface area contributed by atoms with E-state index in [9.17, 15) is 39.5 Å². The number of aliphatic carboxylic acids is 1. The lowest BCUT2D eigenvalue weighted by molar-refractivity contribution is -0.384. The minimum Gasteiger partial charge on any atom is -0.479 e. The Bertz CT molecular complexity index is 2060. The number of nitrogens with zero attached hydrogens (tertiary/aromatic N) is 5. The molecule has 0 spiro atoms. The zero-order valence-electron chi connectivity index (χ0n) is 25.7. The van der Waals surface area contributed by atoms with Crippen LogP contribution < -0.4 is 10.6 Å². The summed E-state index contributed by atoms with van der Waals surface area (Å²) in [4.78, 5) is 75.1. The fraction of sp³-hybridized carbons (Fsp3) is 0.182. The van der Waals surface area contributed by atoms with Gasteiger partial charge in [-0.3, -0.25) is 29.1 Å². The van der Waals surface area contributed by atoms with E-state index in [1.54, 1.807) is 48.5 Å². The molecule has 0 bridgehead atoms. The maximum atomic E-state index is 13.7.